The van der Waals surface area contributed by atoms with Gasteiger partial charge in [0.05, 0.1) is 5.56 Å². The molecule has 1 N–H and O–H groups in total. The van der Waals surface area contributed by atoms with Gasteiger partial charge in [-0.25, -0.2) is 4.79 Å². The Balaban J connectivity index is 1.99. The molecule has 1 amide bonds. The van der Waals surface area contributed by atoms with Crippen molar-refractivity contribution in [3.8, 4) is 0 Å². The summed E-state index contributed by atoms with van der Waals surface area (Å²) in [5.41, 5.74) is 1.98. The van der Waals surface area contributed by atoms with E-state index in [9.17, 15) is 19.5 Å². The fraction of sp³-hybridized carbons (Fsp3) is 0.235. The van der Waals surface area contributed by atoms with E-state index >= 15 is 0 Å². The number of carboxylic acid groups (broad SMARTS) is 1. The van der Waals surface area contributed by atoms with Crippen LogP contribution in [-0.4, -0.2) is 32.5 Å². The number of carboxylic acids is 1. The molecule has 0 aliphatic carbocycles. The van der Waals surface area contributed by atoms with Crippen LogP contribution in [0, 0.1) is 0 Å². The van der Waals surface area contributed by atoms with Gasteiger partial charge >= 0.3 is 5.97 Å². The molecule has 0 spiro atoms. The second kappa shape index (κ2) is 5.72. The van der Waals surface area contributed by atoms with Crippen molar-refractivity contribution in [1.29, 1.82) is 0 Å². The van der Waals surface area contributed by atoms with Crippen molar-refractivity contribution in [3.05, 3.63) is 69.6 Å². The molecule has 0 radical (unpaired) electrons. The molecule has 1 aromatic carbocycles. The highest BCUT2D eigenvalue weighted by Crippen LogP contribution is 2.25. The van der Waals surface area contributed by atoms with Crippen molar-refractivity contribution in [1.82, 2.24) is 9.47 Å². The van der Waals surface area contributed by atoms with Crippen LogP contribution >= 0.6 is 0 Å². The first-order chi connectivity index (χ1) is 11.0. The van der Waals surface area contributed by atoms with Crippen LogP contribution in [0.3, 0.4) is 0 Å². The van der Waals surface area contributed by atoms with E-state index in [2.05, 4.69) is 0 Å². The van der Waals surface area contributed by atoms with Gasteiger partial charge in [0.2, 0.25) is 5.56 Å². The van der Waals surface area contributed by atoms with E-state index in [-0.39, 0.29) is 24.4 Å². The molecule has 0 fully saturated rings. The minimum atomic E-state index is -1.03. The lowest BCUT2D eigenvalue weighted by Crippen LogP contribution is -2.48. The van der Waals surface area contributed by atoms with Crippen LogP contribution in [0.15, 0.2) is 47.4 Å². The molecule has 23 heavy (non-hydrogen) atoms. The number of fused-ring (bicyclic) bond motifs is 1. The smallest absolute Gasteiger partial charge is 0.326 e. The average Bonchev–Trinajstić information content (AvgIpc) is 2.55. The van der Waals surface area contributed by atoms with Gasteiger partial charge < -0.3 is 14.6 Å². The van der Waals surface area contributed by atoms with Crippen LogP contribution < -0.4 is 5.56 Å². The number of amides is 1. The minimum absolute atomic E-state index is 0.222. The largest absolute Gasteiger partial charge is 0.480 e. The van der Waals surface area contributed by atoms with Crippen molar-refractivity contribution in [2.24, 2.45) is 7.05 Å². The van der Waals surface area contributed by atoms with Gasteiger partial charge in [-0.2, -0.15) is 0 Å². The first kappa shape index (κ1) is 15.0. The van der Waals surface area contributed by atoms with Crippen molar-refractivity contribution >= 4 is 11.9 Å². The number of aromatic nitrogens is 1. The third-order valence-corrected chi connectivity index (χ3v) is 4.13. The van der Waals surface area contributed by atoms with E-state index in [1.54, 1.807) is 7.05 Å². The molecule has 1 aliphatic heterocycles. The van der Waals surface area contributed by atoms with Crippen molar-refractivity contribution in [2.75, 3.05) is 0 Å². The van der Waals surface area contributed by atoms with E-state index < -0.39 is 12.0 Å². The van der Waals surface area contributed by atoms with E-state index in [0.29, 0.717) is 5.56 Å². The number of rotatable bonds is 2. The first-order valence-corrected chi connectivity index (χ1v) is 7.24. The molecule has 1 aliphatic rings. The molecular weight excluding hydrogens is 296 g/mol. The Bertz CT molecular complexity index is 840. The number of aryl methyl sites for hydroxylation is 1. The summed E-state index contributed by atoms with van der Waals surface area (Å²) in [5, 5.41) is 9.48. The van der Waals surface area contributed by atoms with Gasteiger partial charge in [-0.15, -0.1) is 0 Å². The molecule has 1 aromatic heterocycles. The summed E-state index contributed by atoms with van der Waals surface area (Å²) in [4.78, 5) is 37.1. The predicted molar refractivity (Wildman–Crippen MR) is 83.1 cm³/mol. The second-order valence-electron chi connectivity index (χ2n) is 5.63. The molecule has 0 bridgehead atoms. The Kier molecular flexibility index (Phi) is 3.73. The Morgan fingerprint density at radius 2 is 1.83 bits per heavy atom. The van der Waals surface area contributed by atoms with E-state index in [4.69, 9.17) is 0 Å². The van der Waals surface area contributed by atoms with Crippen LogP contribution in [0.25, 0.3) is 0 Å². The zero-order chi connectivity index (χ0) is 16.6. The fourth-order valence-electron chi connectivity index (χ4n) is 2.84. The first-order valence-electron chi connectivity index (χ1n) is 7.24. The molecule has 2 aromatic rings. The van der Waals surface area contributed by atoms with Crippen molar-refractivity contribution in [3.63, 3.8) is 0 Å². The highest BCUT2D eigenvalue weighted by Gasteiger charge is 2.34. The summed E-state index contributed by atoms with van der Waals surface area (Å²) < 4.78 is 1.31. The maximum Gasteiger partial charge on any atom is 0.326 e. The van der Waals surface area contributed by atoms with Gasteiger partial charge in [0.1, 0.15) is 6.04 Å². The number of carbonyl (C=O) groups excluding carboxylic acids is 1. The lowest BCUT2D eigenvalue weighted by Gasteiger charge is -2.34. The number of pyridine rings is 1. The number of hydrogen-bond acceptors (Lipinski definition) is 3. The highest BCUT2D eigenvalue weighted by atomic mass is 16.4. The third-order valence-electron chi connectivity index (χ3n) is 4.13. The Morgan fingerprint density at radius 3 is 2.48 bits per heavy atom. The van der Waals surface area contributed by atoms with Crippen molar-refractivity contribution < 1.29 is 14.7 Å². The summed E-state index contributed by atoms with van der Waals surface area (Å²) in [6.45, 7) is 0.245. The van der Waals surface area contributed by atoms with Crippen molar-refractivity contribution in [2.45, 2.75) is 19.0 Å². The topological polar surface area (TPSA) is 79.6 Å². The number of aliphatic carboxylic acids is 1. The molecule has 6 heteroatoms. The van der Waals surface area contributed by atoms with E-state index in [1.807, 2.05) is 24.3 Å². The predicted octanol–water partition coefficient (Wildman–Crippen LogP) is 1.04. The zero-order valence-electron chi connectivity index (χ0n) is 12.6. The molecule has 1 atom stereocenters. The normalized spacial score (nSPS) is 16.7. The lowest BCUT2D eigenvalue weighted by atomic mass is 9.93. The van der Waals surface area contributed by atoms with E-state index in [0.717, 1.165) is 11.1 Å². The molecule has 0 saturated carbocycles. The van der Waals surface area contributed by atoms with Crippen LogP contribution in [0.5, 0.6) is 0 Å². The molecule has 118 valence electrons. The standard InChI is InChI=1S/C17H16N2O4/c1-18-9-13(6-7-15(18)20)16(21)19-10-12-5-3-2-4-11(12)8-14(19)17(22)23/h2-7,9,14H,8,10H2,1H3,(H,22,23)/t14-/m0/s1. The molecular formula is C17H16N2O4. The van der Waals surface area contributed by atoms with Gasteiger partial charge in [0.15, 0.2) is 0 Å². The SMILES string of the molecule is Cn1cc(C(=O)N2Cc3ccccc3C[C@H]2C(=O)O)ccc1=O. The van der Waals surface area contributed by atoms with Crippen LogP contribution in [0.2, 0.25) is 0 Å². The van der Waals surface area contributed by atoms with Gasteiger partial charge in [-0.3, -0.25) is 9.59 Å². The summed E-state index contributed by atoms with van der Waals surface area (Å²) in [6.07, 6.45) is 1.72. The Hall–Kier alpha value is -2.89. The maximum atomic E-state index is 12.7. The monoisotopic (exact) mass is 312 g/mol. The minimum Gasteiger partial charge on any atom is -0.480 e. The van der Waals surface area contributed by atoms with Gasteiger partial charge in [0.25, 0.3) is 5.91 Å². The molecule has 3 rings (SSSR count). The third kappa shape index (κ3) is 2.75. The quantitative estimate of drug-likeness (QED) is 0.898. The summed E-state index contributed by atoms with van der Waals surface area (Å²) in [7, 11) is 1.55. The van der Waals surface area contributed by atoms with Crippen LogP contribution in [0.1, 0.15) is 21.5 Å². The zero-order valence-corrected chi connectivity index (χ0v) is 12.6. The maximum absolute atomic E-state index is 12.7. The average molecular weight is 312 g/mol. The fourth-order valence-corrected chi connectivity index (χ4v) is 2.84. The van der Waals surface area contributed by atoms with Gasteiger partial charge in [-0.1, -0.05) is 24.3 Å². The Labute approximate surface area is 132 Å². The van der Waals surface area contributed by atoms with E-state index in [1.165, 1.54) is 27.8 Å². The molecule has 0 unspecified atom stereocenters. The summed E-state index contributed by atoms with van der Waals surface area (Å²) >= 11 is 0. The molecule has 6 nitrogen and oxygen atoms in total. The Morgan fingerprint density at radius 1 is 1.13 bits per heavy atom. The van der Waals surface area contributed by atoms with Gasteiger partial charge in [0, 0.05) is 32.3 Å². The second-order valence-corrected chi connectivity index (χ2v) is 5.63. The number of nitrogens with zero attached hydrogens (tertiary/aromatic N) is 2. The summed E-state index contributed by atoms with van der Waals surface area (Å²) in [5.74, 6) is -1.42. The highest BCUT2D eigenvalue weighted by molar-refractivity contribution is 5.96. The van der Waals surface area contributed by atoms with Gasteiger partial charge in [-0.05, 0) is 17.2 Å². The van der Waals surface area contributed by atoms with Crippen LogP contribution in [0.4, 0.5) is 0 Å². The van der Waals surface area contributed by atoms with Crippen LogP contribution in [-0.2, 0) is 24.8 Å². The number of benzene rings is 1. The number of hydrogen-bond donors (Lipinski definition) is 1. The number of carbonyl (C=O) groups is 2. The summed E-state index contributed by atoms with van der Waals surface area (Å²) in [6, 6.07) is 9.35. The molecule has 0 saturated heterocycles. The lowest BCUT2D eigenvalue weighted by molar-refractivity contribution is -0.142. The molecule has 2 heterocycles.